The van der Waals surface area contributed by atoms with Gasteiger partial charge in [0.1, 0.15) is 5.82 Å². The summed E-state index contributed by atoms with van der Waals surface area (Å²) in [6, 6.07) is 11.0. The van der Waals surface area contributed by atoms with Crippen LogP contribution in [0.1, 0.15) is 16.7 Å². The molecule has 0 aliphatic rings. The molecule has 0 fully saturated rings. The van der Waals surface area contributed by atoms with Crippen molar-refractivity contribution in [1.82, 2.24) is 0 Å². The molecule has 0 saturated heterocycles. The molecule has 2 aromatic carbocycles. The van der Waals surface area contributed by atoms with Crippen molar-refractivity contribution >= 4 is 11.7 Å². The molecule has 0 aliphatic carbocycles. The highest BCUT2D eigenvalue weighted by atomic mass is 19.2. The third-order valence-electron chi connectivity index (χ3n) is 2.60. The average molecular weight is 248 g/mol. The maximum atomic E-state index is 13.9. The number of hydrogen-bond donors (Lipinski definition) is 0. The average Bonchev–Trinajstić information content (AvgIpc) is 2.39. The molecule has 0 nitrogen and oxygen atoms in total. The predicted octanol–water partition coefficient (Wildman–Crippen LogP) is 4.90. The second-order valence-corrected chi connectivity index (χ2v) is 4.00. The van der Waals surface area contributed by atoms with Crippen LogP contribution in [0.25, 0.3) is 11.7 Å². The molecule has 0 bridgehead atoms. The van der Waals surface area contributed by atoms with E-state index in [1.807, 2.05) is 6.92 Å². The lowest BCUT2D eigenvalue weighted by atomic mass is 10.1. The zero-order chi connectivity index (χ0) is 13.1. The Morgan fingerprint density at radius 3 is 1.56 bits per heavy atom. The zero-order valence-electron chi connectivity index (χ0n) is 9.75. The maximum absolute atomic E-state index is 13.9. The van der Waals surface area contributed by atoms with Crippen molar-refractivity contribution in [2.45, 2.75) is 6.92 Å². The highest BCUT2D eigenvalue weighted by Gasteiger charge is 2.11. The topological polar surface area (TPSA) is 0 Å². The van der Waals surface area contributed by atoms with Gasteiger partial charge in [0.05, 0.1) is 0 Å². The van der Waals surface area contributed by atoms with Gasteiger partial charge in [-0.15, -0.1) is 0 Å². The summed E-state index contributed by atoms with van der Waals surface area (Å²) < 4.78 is 40.4. The van der Waals surface area contributed by atoms with Crippen LogP contribution in [0, 0.1) is 12.7 Å². The van der Waals surface area contributed by atoms with E-state index in [0.717, 1.165) is 17.7 Å². The predicted molar refractivity (Wildman–Crippen MR) is 66.6 cm³/mol. The number of aryl methyl sites for hydroxylation is 1. The Morgan fingerprint density at radius 2 is 1.11 bits per heavy atom. The number of hydrogen-bond acceptors (Lipinski definition) is 0. The van der Waals surface area contributed by atoms with E-state index >= 15 is 0 Å². The highest BCUT2D eigenvalue weighted by Crippen LogP contribution is 2.28. The highest BCUT2D eigenvalue weighted by molar-refractivity contribution is 5.83. The van der Waals surface area contributed by atoms with E-state index in [0.29, 0.717) is 0 Å². The number of rotatable bonds is 2. The molecule has 0 atom stereocenters. The number of halogens is 3. The van der Waals surface area contributed by atoms with E-state index in [1.165, 1.54) is 24.3 Å². The Morgan fingerprint density at radius 1 is 0.722 bits per heavy atom. The van der Waals surface area contributed by atoms with Crippen molar-refractivity contribution in [2.75, 3.05) is 0 Å². The first kappa shape index (κ1) is 12.4. The quantitative estimate of drug-likeness (QED) is 0.663. The van der Waals surface area contributed by atoms with Gasteiger partial charge in [0.2, 0.25) is 0 Å². The van der Waals surface area contributed by atoms with Crippen LogP contribution < -0.4 is 0 Å². The van der Waals surface area contributed by atoms with E-state index in [2.05, 4.69) is 0 Å². The van der Waals surface area contributed by atoms with Crippen LogP contribution in [-0.4, -0.2) is 0 Å². The second kappa shape index (κ2) is 5.08. The fourth-order valence-corrected chi connectivity index (χ4v) is 1.55. The van der Waals surface area contributed by atoms with Crippen molar-refractivity contribution in [1.29, 1.82) is 0 Å². The Hall–Kier alpha value is -2.03. The first-order valence-corrected chi connectivity index (χ1v) is 5.46. The first-order chi connectivity index (χ1) is 8.58. The molecular formula is C15H11F3. The van der Waals surface area contributed by atoms with Crippen LogP contribution in [-0.2, 0) is 0 Å². The maximum Gasteiger partial charge on any atom is 0.166 e. The normalized spacial score (nSPS) is 12.2. The molecule has 0 N–H and O–H groups in total. The van der Waals surface area contributed by atoms with E-state index in [1.54, 1.807) is 12.1 Å². The Balaban J connectivity index is 2.40. The van der Waals surface area contributed by atoms with Crippen molar-refractivity contribution in [3.63, 3.8) is 0 Å². The molecule has 0 aliphatic heterocycles. The summed E-state index contributed by atoms with van der Waals surface area (Å²) in [6.45, 7) is 1.86. The van der Waals surface area contributed by atoms with Crippen LogP contribution in [0.15, 0.2) is 48.5 Å². The minimum atomic E-state index is -0.987. The SMILES string of the molecule is Cc1ccc(/C(F)=C(\F)c2ccc(F)cc2)cc1. The molecule has 3 heteroatoms. The lowest BCUT2D eigenvalue weighted by Crippen LogP contribution is -1.85. The van der Waals surface area contributed by atoms with Crippen molar-refractivity contribution in [3.8, 4) is 0 Å². The summed E-state index contributed by atoms with van der Waals surface area (Å²) in [4.78, 5) is 0. The largest absolute Gasteiger partial charge is 0.207 e. The Labute approximate surface area is 103 Å². The monoisotopic (exact) mass is 248 g/mol. The Kier molecular flexibility index (Phi) is 3.51. The smallest absolute Gasteiger partial charge is 0.166 e. The van der Waals surface area contributed by atoms with Gasteiger partial charge in [-0.05, 0) is 31.2 Å². The molecule has 0 amide bonds. The third kappa shape index (κ3) is 2.62. The van der Waals surface area contributed by atoms with Gasteiger partial charge in [-0.3, -0.25) is 0 Å². The first-order valence-electron chi connectivity index (χ1n) is 5.46. The van der Waals surface area contributed by atoms with Crippen molar-refractivity contribution in [3.05, 3.63) is 71.0 Å². The lowest BCUT2D eigenvalue weighted by Gasteiger charge is -2.02. The summed E-state index contributed by atoms with van der Waals surface area (Å²) in [5, 5.41) is 0. The van der Waals surface area contributed by atoms with Crippen LogP contribution in [0.3, 0.4) is 0 Å². The number of benzene rings is 2. The Bertz CT molecular complexity index is 512. The lowest BCUT2D eigenvalue weighted by molar-refractivity contribution is 0.627. The molecular weight excluding hydrogens is 237 g/mol. The van der Waals surface area contributed by atoms with Gasteiger partial charge in [0.15, 0.2) is 11.7 Å². The van der Waals surface area contributed by atoms with Crippen LogP contribution in [0.5, 0.6) is 0 Å². The van der Waals surface area contributed by atoms with Crippen LogP contribution in [0.2, 0.25) is 0 Å². The van der Waals surface area contributed by atoms with Crippen LogP contribution >= 0.6 is 0 Å². The molecule has 0 spiro atoms. The molecule has 18 heavy (non-hydrogen) atoms. The standard InChI is InChI=1S/C15H11F3/c1-10-2-4-11(5-3-10)14(17)15(18)12-6-8-13(16)9-7-12/h2-9H,1H3/b15-14+. The molecule has 0 radical (unpaired) electrons. The summed E-state index contributed by atoms with van der Waals surface area (Å²) >= 11 is 0. The van der Waals surface area contributed by atoms with E-state index in [9.17, 15) is 13.2 Å². The molecule has 92 valence electrons. The molecule has 0 saturated carbocycles. The van der Waals surface area contributed by atoms with Gasteiger partial charge >= 0.3 is 0 Å². The van der Waals surface area contributed by atoms with Gasteiger partial charge in [0, 0.05) is 11.1 Å². The van der Waals surface area contributed by atoms with Gasteiger partial charge in [-0.2, -0.15) is 0 Å². The molecule has 0 heterocycles. The van der Waals surface area contributed by atoms with E-state index < -0.39 is 17.5 Å². The third-order valence-corrected chi connectivity index (χ3v) is 2.60. The molecule has 2 rings (SSSR count). The zero-order valence-corrected chi connectivity index (χ0v) is 9.75. The minimum absolute atomic E-state index is 0.0227. The van der Waals surface area contributed by atoms with Gasteiger partial charge in [0.25, 0.3) is 0 Å². The second-order valence-electron chi connectivity index (χ2n) is 4.00. The van der Waals surface area contributed by atoms with Gasteiger partial charge < -0.3 is 0 Å². The molecule has 0 unspecified atom stereocenters. The summed E-state index contributed by atoms with van der Waals surface area (Å²) in [5.74, 6) is -2.41. The molecule has 0 aromatic heterocycles. The van der Waals surface area contributed by atoms with Crippen LogP contribution in [0.4, 0.5) is 13.2 Å². The summed E-state index contributed by atoms with van der Waals surface area (Å²) in [6.07, 6.45) is 0. The molecule has 2 aromatic rings. The van der Waals surface area contributed by atoms with Crippen molar-refractivity contribution in [2.24, 2.45) is 0 Å². The fraction of sp³-hybridized carbons (Fsp3) is 0.0667. The van der Waals surface area contributed by atoms with E-state index in [-0.39, 0.29) is 11.1 Å². The van der Waals surface area contributed by atoms with Gasteiger partial charge in [-0.25, -0.2) is 13.2 Å². The summed E-state index contributed by atoms with van der Waals surface area (Å²) in [5.41, 5.74) is 1.16. The van der Waals surface area contributed by atoms with E-state index in [4.69, 9.17) is 0 Å². The van der Waals surface area contributed by atoms with Gasteiger partial charge in [-0.1, -0.05) is 29.8 Å². The fourth-order valence-electron chi connectivity index (χ4n) is 1.55. The van der Waals surface area contributed by atoms with Crippen molar-refractivity contribution < 1.29 is 13.2 Å². The summed E-state index contributed by atoms with van der Waals surface area (Å²) in [7, 11) is 0. The minimum Gasteiger partial charge on any atom is -0.207 e.